The predicted octanol–water partition coefficient (Wildman–Crippen LogP) is 2.03. The first kappa shape index (κ1) is 8.25. The zero-order valence-corrected chi connectivity index (χ0v) is 8.04. The lowest BCUT2D eigenvalue weighted by atomic mass is 10.2. The molecule has 2 rings (SSSR count). The van der Waals surface area contributed by atoms with E-state index in [0.717, 1.165) is 10.9 Å². The zero-order chi connectivity index (χ0) is 9.26. The molecule has 0 atom stereocenters. The van der Waals surface area contributed by atoms with Crippen LogP contribution in [0.2, 0.25) is 0 Å². The van der Waals surface area contributed by atoms with Crippen molar-refractivity contribution in [3.8, 4) is 0 Å². The van der Waals surface area contributed by atoms with Crippen molar-refractivity contribution in [3.63, 3.8) is 0 Å². The fourth-order valence-corrected chi connectivity index (χ4v) is 1.31. The Morgan fingerprint density at radius 3 is 3.00 bits per heavy atom. The monoisotopic (exact) mass is 240 g/mol. The number of aromatic amines is 1. The highest BCUT2D eigenvalue weighted by Gasteiger charge is 2.13. The summed E-state index contributed by atoms with van der Waals surface area (Å²) in [5.74, 6) is -0.502. The van der Waals surface area contributed by atoms with Crippen LogP contribution in [0, 0.1) is 0 Å². The van der Waals surface area contributed by atoms with Crippen LogP contribution in [0.25, 0.3) is 10.9 Å². The Morgan fingerprint density at radius 1 is 1.46 bits per heavy atom. The van der Waals surface area contributed by atoms with Gasteiger partial charge in [0.15, 0.2) is 22.0 Å². The van der Waals surface area contributed by atoms with Crippen LogP contribution in [0.3, 0.4) is 0 Å². The zero-order valence-electron chi connectivity index (χ0n) is 6.45. The first-order valence-electron chi connectivity index (χ1n) is 3.59. The van der Waals surface area contributed by atoms with E-state index in [1.807, 2.05) is 18.2 Å². The second kappa shape index (κ2) is 3.18. The molecule has 2 aromatic rings. The Balaban J connectivity index is 2.64. The highest BCUT2D eigenvalue weighted by molar-refractivity contribution is 9.06. The molecule has 1 aromatic heterocycles. The van der Waals surface area contributed by atoms with Crippen molar-refractivity contribution < 1.29 is 8.62 Å². The highest BCUT2D eigenvalue weighted by atomic mass is 79.9. The van der Waals surface area contributed by atoms with Crippen molar-refractivity contribution >= 4 is 33.1 Å². The molecule has 0 aliphatic rings. The number of hydrogen-bond acceptors (Lipinski definition) is 3. The van der Waals surface area contributed by atoms with Crippen LogP contribution in [-0.2, 0) is 3.83 Å². The minimum atomic E-state index is -0.502. The van der Waals surface area contributed by atoms with Gasteiger partial charge >= 0.3 is 5.97 Å². The Bertz CT molecular complexity index is 452. The maximum Gasteiger partial charge on any atom is 0.370 e. The average Bonchev–Trinajstić information content (AvgIpc) is 2.60. The number of benzene rings is 1. The number of nitrogens with zero attached hydrogens (tertiary/aromatic N) is 1. The van der Waals surface area contributed by atoms with E-state index in [4.69, 9.17) is 0 Å². The van der Waals surface area contributed by atoms with Gasteiger partial charge in [0, 0.05) is 5.39 Å². The molecule has 0 saturated carbocycles. The number of H-pyrrole nitrogens is 1. The summed E-state index contributed by atoms with van der Waals surface area (Å²) in [4.78, 5) is 11.1. The fourth-order valence-electron chi connectivity index (χ4n) is 1.16. The number of nitrogens with one attached hydrogen (secondary N) is 1. The largest absolute Gasteiger partial charge is 0.379 e. The van der Waals surface area contributed by atoms with Gasteiger partial charge in [-0.2, -0.15) is 5.10 Å². The third kappa shape index (κ3) is 1.31. The topological polar surface area (TPSA) is 55.0 Å². The molecule has 1 aromatic carbocycles. The van der Waals surface area contributed by atoms with Crippen LogP contribution in [0.5, 0.6) is 0 Å². The molecule has 0 saturated heterocycles. The van der Waals surface area contributed by atoms with E-state index < -0.39 is 5.97 Å². The number of halogens is 1. The molecule has 0 radical (unpaired) electrons. The smallest absolute Gasteiger partial charge is 0.370 e. The summed E-state index contributed by atoms with van der Waals surface area (Å²) in [6.45, 7) is 0. The van der Waals surface area contributed by atoms with Crippen LogP contribution < -0.4 is 0 Å². The van der Waals surface area contributed by atoms with Gasteiger partial charge in [0.25, 0.3) is 0 Å². The number of rotatable bonds is 1. The van der Waals surface area contributed by atoms with Crippen LogP contribution in [0.4, 0.5) is 0 Å². The first-order valence-corrected chi connectivity index (χ1v) is 4.23. The van der Waals surface area contributed by atoms with E-state index in [2.05, 4.69) is 30.3 Å². The summed E-state index contributed by atoms with van der Waals surface area (Å²) in [6, 6.07) is 7.35. The van der Waals surface area contributed by atoms with Crippen molar-refractivity contribution in [2.75, 3.05) is 0 Å². The van der Waals surface area contributed by atoms with Crippen molar-refractivity contribution in [2.24, 2.45) is 0 Å². The second-order valence-electron chi connectivity index (χ2n) is 2.48. The van der Waals surface area contributed by atoms with Crippen molar-refractivity contribution in [2.45, 2.75) is 0 Å². The molecule has 1 heterocycles. The molecular weight excluding hydrogens is 236 g/mol. The van der Waals surface area contributed by atoms with Crippen LogP contribution in [0.15, 0.2) is 24.3 Å². The van der Waals surface area contributed by atoms with Gasteiger partial charge in [0.2, 0.25) is 0 Å². The first-order chi connectivity index (χ1) is 6.33. The summed E-state index contributed by atoms with van der Waals surface area (Å²) in [5, 5.41) is 7.32. The van der Waals surface area contributed by atoms with Gasteiger partial charge in [-0.3, -0.25) is 5.10 Å². The van der Waals surface area contributed by atoms with E-state index in [1.54, 1.807) is 6.07 Å². The summed E-state index contributed by atoms with van der Waals surface area (Å²) >= 11 is 2.62. The molecule has 0 fully saturated rings. The quantitative estimate of drug-likeness (QED) is 0.830. The maximum absolute atomic E-state index is 11.1. The summed E-state index contributed by atoms with van der Waals surface area (Å²) in [6.07, 6.45) is 0. The number of carbonyl (C=O) groups is 1. The van der Waals surface area contributed by atoms with Gasteiger partial charge in [-0.25, -0.2) is 4.79 Å². The molecule has 0 aliphatic heterocycles. The second-order valence-corrected chi connectivity index (χ2v) is 2.81. The predicted molar refractivity (Wildman–Crippen MR) is 50.4 cm³/mol. The van der Waals surface area contributed by atoms with Crippen LogP contribution in [0.1, 0.15) is 10.5 Å². The lowest BCUT2D eigenvalue weighted by molar-refractivity contribution is 0.0778. The number of aromatic nitrogens is 2. The molecule has 13 heavy (non-hydrogen) atoms. The van der Waals surface area contributed by atoms with Gasteiger partial charge in [-0.1, -0.05) is 18.2 Å². The van der Waals surface area contributed by atoms with E-state index >= 15 is 0 Å². The molecule has 0 bridgehead atoms. The average molecular weight is 241 g/mol. The molecule has 0 amide bonds. The molecule has 66 valence electrons. The van der Waals surface area contributed by atoms with Crippen LogP contribution in [-0.4, -0.2) is 16.2 Å². The molecule has 5 heteroatoms. The molecule has 0 spiro atoms. The maximum atomic E-state index is 11.1. The number of hydrogen-bond donors (Lipinski definition) is 1. The molecular formula is C8H5BrN2O2. The minimum Gasteiger partial charge on any atom is -0.379 e. The van der Waals surface area contributed by atoms with Gasteiger partial charge in [-0.15, -0.1) is 0 Å². The van der Waals surface area contributed by atoms with Crippen molar-refractivity contribution in [1.29, 1.82) is 0 Å². The van der Waals surface area contributed by atoms with Crippen LogP contribution >= 0.6 is 16.3 Å². The third-order valence-corrected chi connectivity index (χ3v) is 2.03. The Kier molecular flexibility index (Phi) is 2.02. The standard InChI is InChI=1S/C8H5BrN2O2/c9-13-8(12)7-5-3-1-2-4-6(5)10-11-7/h1-4H,(H,10,11). The van der Waals surface area contributed by atoms with E-state index in [-0.39, 0.29) is 5.69 Å². The Hall–Kier alpha value is -1.36. The van der Waals surface area contributed by atoms with Crippen molar-refractivity contribution in [1.82, 2.24) is 10.2 Å². The SMILES string of the molecule is O=C(OBr)c1n[nH]c2ccccc12. The minimum absolute atomic E-state index is 0.285. The number of fused-ring (bicyclic) bond motifs is 1. The van der Waals surface area contributed by atoms with E-state index in [0.29, 0.717) is 0 Å². The van der Waals surface area contributed by atoms with E-state index in [1.165, 1.54) is 0 Å². The normalized spacial score (nSPS) is 10.2. The number of para-hydroxylation sites is 1. The highest BCUT2D eigenvalue weighted by Crippen LogP contribution is 2.16. The summed E-state index contributed by atoms with van der Waals surface area (Å²) in [5.41, 5.74) is 1.10. The lowest BCUT2D eigenvalue weighted by Crippen LogP contribution is -1.98. The Morgan fingerprint density at radius 2 is 2.23 bits per heavy atom. The van der Waals surface area contributed by atoms with Gasteiger partial charge in [0.1, 0.15) is 0 Å². The lowest BCUT2D eigenvalue weighted by Gasteiger charge is -1.90. The van der Waals surface area contributed by atoms with Gasteiger partial charge in [0.05, 0.1) is 5.52 Å². The van der Waals surface area contributed by atoms with Gasteiger partial charge in [-0.05, 0) is 6.07 Å². The van der Waals surface area contributed by atoms with Gasteiger partial charge < -0.3 is 3.83 Å². The van der Waals surface area contributed by atoms with E-state index in [9.17, 15) is 4.79 Å². The summed E-state index contributed by atoms with van der Waals surface area (Å²) < 4.78 is 4.39. The number of carbonyl (C=O) groups excluding carboxylic acids is 1. The molecule has 0 aliphatic carbocycles. The molecule has 0 unspecified atom stereocenters. The fraction of sp³-hybridized carbons (Fsp3) is 0. The summed E-state index contributed by atoms with van der Waals surface area (Å²) in [7, 11) is 0. The Labute approximate surface area is 82.3 Å². The third-order valence-electron chi connectivity index (χ3n) is 1.73. The molecule has 1 N–H and O–H groups in total. The molecule has 4 nitrogen and oxygen atoms in total. The van der Waals surface area contributed by atoms with Crippen molar-refractivity contribution in [3.05, 3.63) is 30.0 Å².